The summed E-state index contributed by atoms with van der Waals surface area (Å²) in [4.78, 5) is 4.53. The molecule has 0 fully saturated rings. The number of nitrogens with one attached hydrogen (secondary N) is 1. The first-order valence-electron chi connectivity index (χ1n) is 7.35. The summed E-state index contributed by atoms with van der Waals surface area (Å²) in [6.07, 6.45) is 7.06. The minimum Gasteiger partial charge on any atom is -0.374 e. The van der Waals surface area contributed by atoms with Gasteiger partial charge in [-0.1, -0.05) is 20.3 Å². The highest BCUT2D eigenvalue weighted by Gasteiger charge is 2.15. The Morgan fingerprint density at radius 3 is 2.80 bits per heavy atom. The fourth-order valence-corrected chi connectivity index (χ4v) is 2.44. The van der Waals surface area contributed by atoms with Gasteiger partial charge in [0.1, 0.15) is 0 Å². The lowest BCUT2D eigenvalue weighted by molar-refractivity contribution is 0.658. The molecule has 0 aliphatic heterocycles. The topological polar surface area (TPSA) is 42.7 Å². The highest BCUT2D eigenvalue weighted by atomic mass is 15.3. The van der Waals surface area contributed by atoms with Gasteiger partial charge in [0.15, 0.2) is 0 Å². The number of rotatable bonds is 6. The number of hydrogen-bond donors (Lipinski definition) is 1. The van der Waals surface area contributed by atoms with Crippen LogP contribution in [0.3, 0.4) is 0 Å². The van der Waals surface area contributed by atoms with E-state index in [2.05, 4.69) is 48.4 Å². The summed E-state index contributed by atoms with van der Waals surface area (Å²) in [6.45, 7) is 6.44. The molecular formula is C16H24N4. The maximum Gasteiger partial charge on any atom is 0.0853 e. The molecule has 4 heteroatoms. The van der Waals surface area contributed by atoms with E-state index in [0.717, 1.165) is 36.3 Å². The van der Waals surface area contributed by atoms with E-state index in [1.807, 2.05) is 24.0 Å². The Morgan fingerprint density at radius 1 is 1.35 bits per heavy atom. The summed E-state index contributed by atoms with van der Waals surface area (Å²) in [6, 6.07) is 4.44. The van der Waals surface area contributed by atoms with Gasteiger partial charge in [-0.05, 0) is 37.5 Å². The van der Waals surface area contributed by atoms with Gasteiger partial charge in [-0.25, -0.2) is 0 Å². The van der Waals surface area contributed by atoms with E-state index in [-0.39, 0.29) is 6.04 Å². The van der Waals surface area contributed by atoms with Crippen molar-refractivity contribution in [2.24, 2.45) is 7.05 Å². The normalized spacial score (nSPS) is 12.4. The summed E-state index contributed by atoms with van der Waals surface area (Å²) in [5, 5.41) is 8.11. The summed E-state index contributed by atoms with van der Waals surface area (Å²) < 4.78 is 1.87. The van der Waals surface area contributed by atoms with Gasteiger partial charge in [-0.3, -0.25) is 9.67 Å². The van der Waals surface area contributed by atoms with E-state index in [1.165, 1.54) is 5.56 Å². The Labute approximate surface area is 121 Å². The summed E-state index contributed by atoms with van der Waals surface area (Å²) in [5.74, 6) is 0. The lowest BCUT2D eigenvalue weighted by Gasteiger charge is -2.19. The largest absolute Gasteiger partial charge is 0.374 e. The van der Waals surface area contributed by atoms with Crippen molar-refractivity contribution in [1.82, 2.24) is 14.8 Å². The van der Waals surface area contributed by atoms with Gasteiger partial charge >= 0.3 is 0 Å². The second-order valence-corrected chi connectivity index (χ2v) is 5.26. The van der Waals surface area contributed by atoms with Gasteiger partial charge in [-0.15, -0.1) is 0 Å². The second-order valence-electron chi connectivity index (χ2n) is 5.26. The molecule has 0 aliphatic carbocycles. The maximum atomic E-state index is 4.53. The molecule has 0 bridgehead atoms. The lowest BCUT2D eigenvalue weighted by atomic mass is 10.1. The number of anilines is 1. The van der Waals surface area contributed by atoms with E-state index in [9.17, 15) is 0 Å². The molecule has 0 aromatic carbocycles. The highest BCUT2D eigenvalue weighted by molar-refractivity contribution is 5.48. The van der Waals surface area contributed by atoms with E-state index in [4.69, 9.17) is 0 Å². The molecule has 2 heterocycles. The zero-order chi connectivity index (χ0) is 14.5. The van der Waals surface area contributed by atoms with Crippen molar-refractivity contribution >= 4 is 5.69 Å². The SMILES string of the molecule is CCCC(Nc1cn(C)nc1CC)c1cc(C)ccn1. The molecule has 4 nitrogen and oxygen atoms in total. The van der Waals surface area contributed by atoms with Gasteiger partial charge in [-0.2, -0.15) is 5.10 Å². The van der Waals surface area contributed by atoms with Crippen LogP contribution < -0.4 is 5.32 Å². The minimum atomic E-state index is 0.245. The Bertz CT molecular complexity index is 559. The van der Waals surface area contributed by atoms with E-state index >= 15 is 0 Å². The average Bonchev–Trinajstić information content (AvgIpc) is 2.78. The first-order chi connectivity index (χ1) is 9.63. The molecular weight excluding hydrogens is 248 g/mol. The number of nitrogens with zero attached hydrogens (tertiary/aromatic N) is 3. The van der Waals surface area contributed by atoms with Crippen molar-refractivity contribution in [3.05, 3.63) is 41.5 Å². The fourth-order valence-electron chi connectivity index (χ4n) is 2.44. The van der Waals surface area contributed by atoms with Crippen LogP contribution in [0.25, 0.3) is 0 Å². The summed E-state index contributed by atoms with van der Waals surface area (Å²) in [5.41, 5.74) is 4.59. The van der Waals surface area contributed by atoms with Crippen molar-refractivity contribution in [2.45, 2.75) is 46.1 Å². The van der Waals surface area contributed by atoms with E-state index in [1.54, 1.807) is 0 Å². The van der Waals surface area contributed by atoms with Gasteiger partial charge in [0.25, 0.3) is 0 Å². The molecule has 2 aromatic heterocycles. The van der Waals surface area contributed by atoms with Crippen LogP contribution in [0.1, 0.15) is 49.7 Å². The fraction of sp³-hybridized carbons (Fsp3) is 0.500. The third-order valence-corrected chi connectivity index (χ3v) is 3.44. The van der Waals surface area contributed by atoms with Crippen LogP contribution in [0.4, 0.5) is 5.69 Å². The number of hydrogen-bond acceptors (Lipinski definition) is 3. The van der Waals surface area contributed by atoms with Gasteiger partial charge in [0.05, 0.1) is 23.1 Å². The predicted molar refractivity (Wildman–Crippen MR) is 82.8 cm³/mol. The second kappa shape index (κ2) is 6.55. The van der Waals surface area contributed by atoms with Gasteiger partial charge < -0.3 is 5.32 Å². The number of pyridine rings is 1. The van der Waals surface area contributed by atoms with Crippen LogP contribution in [-0.4, -0.2) is 14.8 Å². The number of aromatic nitrogens is 3. The van der Waals surface area contributed by atoms with Crippen molar-refractivity contribution in [3.63, 3.8) is 0 Å². The Hall–Kier alpha value is -1.84. The molecule has 1 N–H and O–H groups in total. The minimum absolute atomic E-state index is 0.245. The zero-order valence-corrected chi connectivity index (χ0v) is 12.8. The highest BCUT2D eigenvalue weighted by Crippen LogP contribution is 2.25. The summed E-state index contributed by atoms with van der Waals surface area (Å²) in [7, 11) is 1.96. The van der Waals surface area contributed by atoms with Crippen LogP contribution in [-0.2, 0) is 13.5 Å². The molecule has 0 aliphatic rings. The first-order valence-corrected chi connectivity index (χ1v) is 7.35. The average molecular weight is 272 g/mol. The molecule has 20 heavy (non-hydrogen) atoms. The van der Waals surface area contributed by atoms with Crippen molar-refractivity contribution in [1.29, 1.82) is 0 Å². The van der Waals surface area contributed by atoms with Crippen LogP contribution >= 0.6 is 0 Å². The van der Waals surface area contributed by atoms with Crippen LogP contribution in [0.15, 0.2) is 24.5 Å². The van der Waals surface area contributed by atoms with Crippen LogP contribution in [0, 0.1) is 6.92 Å². The molecule has 0 spiro atoms. The van der Waals surface area contributed by atoms with Crippen molar-refractivity contribution in [2.75, 3.05) is 5.32 Å². The monoisotopic (exact) mass is 272 g/mol. The molecule has 2 aromatic rings. The molecule has 1 unspecified atom stereocenters. The smallest absolute Gasteiger partial charge is 0.0853 e. The molecule has 0 saturated heterocycles. The first kappa shape index (κ1) is 14.6. The maximum absolute atomic E-state index is 4.53. The Balaban J connectivity index is 2.25. The molecule has 0 saturated carbocycles. The molecule has 0 radical (unpaired) electrons. The summed E-state index contributed by atoms with van der Waals surface area (Å²) >= 11 is 0. The van der Waals surface area contributed by atoms with Gasteiger partial charge in [0, 0.05) is 19.4 Å². The Kier molecular flexibility index (Phi) is 4.77. The van der Waals surface area contributed by atoms with Crippen molar-refractivity contribution < 1.29 is 0 Å². The Morgan fingerprint density at radius 2 is 2.15 bits per heavy atom. The standard InChI is InChI=1S/C16H24N4/c1-5-7-14(15-10-12(3)8-9-17-15)18-16-11-20(4)19-13(16)6-2/h8-11,14,18H,5-7H2,1-4H3. The zero-order valence-electron chi connectivity index (χ0n) is 12.8. The van der Waals surface area contributed by atoms with Crippen LogP contribution in [0.5, 0.6) is 0 Å². The quantitative estimate of drug-likeness (QED) is 0.873. The van der Waals surface area contributed by atoms with Crippen LogP contribution in [0.2, 0.25) is 0 Å². The van der Waals surface area contributed by atoms with E-state index < -0.39 is 0 Å². The molecule has 1 atom stereocenters. The number of aryl methyl sites for hydroxylation is 3. The van der Waals surface area contributed by atoms with E-state index in [0.29, 0.717) is 0 Å². The lowest BCUT2D eigenvalue weighted by Crippen LogP contribution is -2.13. The predicted octanol–water partition coefficient (Wildman–Crippen LogP) is 3.64. The molecule has 108 valence electrons. The third kappa shape index (κ3) is 3.38. The van der Waals surface area contributed by atoms with Crippen molar-refractivity contribution in [3.8, 4) is 0 Å². The molecule has 0 amide bonds. The molecule has 2 rings (SSSR count). The third-order valence-electron chi connectivity index (χ3n) is 3.44. The van der Waals surface area contributed by atoms with Gasteiger partial charge in [0.2, 0.25) is 0 Å².